The average Bonchev–Trinajstić information content (AvgIpc) is 3.30. The smallest absolute Gasteiger partial charge is 0.350 e. The van der Waals surface area contributed by atoms with E-state index >= 15 is 0 Å². The van der Waals surface area contributed by atoms with Crippen molar-refractivity contribution in [2.45, 2.75) is 45.2 Å². The number of aromatic nitrogens is 2. The molecule has 148 valence electrons. The van der Waals surface area contributed by atoms with Gasteiger partial charge < -0.3 is 16.5 Å². The third-order valence-electron chi connectivity index (χ3n) is 5.76. The Labute approximate surface area is 162 Å². The van der Waals surface area contributed by atoms with Crippen LogP contribution in [0, 0.1) is 18.7 Å². The Morgan fingerprint density at radius 1 is 1.26 bits per heavy atom. The number of halogens is 2. The fraction of sp³-hybridized carbons (Fsp3) is 0.556. The summed E-state index contributed by atoms with van der Waals surface area (Å²) in [6, 6.07) is 1.28. The molecule has 1 unspecified atom stereocenters. The van der Waals surface area contributed by atoms with Crippen molar-refractivity contribution in [3.63, 3.8) is 0 Å². The van der Waals surface area contributed by atoms with Crippen LogP contribution in [0.4, 0.5) is 10.1 Å². The van der Waals surface area contributed by atoms with Crippen LogP contribution < -0.4 is 27.7 Å². The van der Waals surface area contributed by atoms with Crippen molar-refractivity contribution in [1.29, 1.82) is 0 Å². The summed E-state index contributed by atoms with van der Waals surface area (Å²) in [5.74, 6) is 5.49. The number of hydrogen-bond donors (Lipinski definition) is 2. The molecule has 4 rings (SSSR count). The summed E-state index contributed by atoms with van der Waals surface area (Å²) in [5.41, 5.74) is 6.39. The van der Waals surface area contributed by atoms with Crippen LogP contribution in [0.3, 0.4) is 0 Å². The Balaban J connectivity index is 0.00000210. The molecular formula is C18H25ClFN5O2. The molecule has 2 atom stereocenters. The highest BCUT2D eigenvalue weighted by atomic mass is 35.5. The number of anilines is 1. The largest absolute Gasteiger partial charge is 0.369 e. The number of nitrogens with zero attached hydrogens (tertiary/aromatic N) is 3. The fourth-order valence-corrected chi connectivity index (χ4v) is 4.14. The first-order valence-corrected chi connectivity index (χ1v) is 9.07. The standard InChI is InChI=1S/C18H24FN5O2.ClH/c1-9-15-13(17(25)24(21)18(26)23(15)12-3-4-12)7-14(19)16(9)22-6-5-11(8-22)10(2)20;/h7,10-12H,3-6,8,20-21H2,1-2H3;1H/t10-,11?;/m1./s1. The molecule has 0 spiro atoms. The first-order chi connectivity index (χ1) is 12.3. The summed E-state index contributed by atoms with van der Waals surface area (Å²) in [5, 5.41) is 0.153. The Kier molecular flexibility index (Phi) is 4.98. The van der Waals surface area contributed by atoms with Gasteiger partial charge in [0.25, 0.3) is 5.56 Å². The third kappa shape index (κ3) is 3.00. The zero-order chi connectivity index (χ0) is 18.7. The predicted octanol–water partition coefficient (Wildman–Crippen LogP) is 1.25. The maximum atomic E-state index is 15.0. The zero-order valence-corrected chi connectivity index (χ0v) is 16.3. The molecule has 4 N–H and O–H groups in total. The molecule has 0 bridgehead atoms. The zero-order valence-electron chi connectivity index (χ0n) is 15.4. The van der Waals surface area contributed by atoms with Gasteiger partial charge in [0.15, 0.2) is 0 Å². The first-order valence-electron chi connectivity index (χ1n) is 9.07. The maximum absolute atomic E-state index is 15.0. The molecule has 2 aliphatic rings. The van der Waals surface area contributed by atoms with Gasteiger partial charge in [-0.3, -0.25) is 9.36 Å². The number of nitrogens with two attached hydrogens (primary N) is 2. The topological polar surface area (TPSA) is 99.3 Å². The summed E-state index contributed by atoms with van der Waals surface area (Å²) >= 11 is 0. The molecule has 0 radical (unpaired) electrons. The maximum Gasteiger partial charge on any atom is 0.350 e. The Morgan fingerprint density at radius 3 is 2.48 bits per heavy atom. The van der Waals surface area contributed by atoms with Gasteiger partial charge in [-0.15, -0.1) is 12.4 Å². The summed E-state index contributed by atoms with van der Waals surface area (Å²) in [4.78, 5) is 27.0. The highest BCUT2D eigenvalue weighted by molar-refractivity contribution is 5.87. The fourth-order valence-electron chi connectivity index (χ4n) is 4.14. The molecule has 1 aromatic carbocycles. The Hall–Kier alpha value is -2.06. The molecular weight excluding hydrogens is 373 g/mol. The van der Waals surface area contributed by atoms with Crippen LogP contribution in [0.2, 0.25) is 0 Å². The monoisotopic (exact) mass is 397 g/mol. The molecule has 9 heteroatoms. The minimum atomic E-state index is -0.662. The van der Waals surface area contributed by atoms with E-state index < -0.39 is 17.1 Å². The van der Waals surface area contributed by atoms with E-state index in [1.54, 1.807) is 11.5 Å². The van der Waals surface area contributed by atoms with E-state index in [0.717, 1.165) is 19.3 Å². The summed E-state index contributed by atoms with van der Waals surface area (Å²) in [6.07, 6.45) is 2.61. The third-order valence-corrected chi connectivity index (χ3v) is 5.76. The van der Waals surface area contributed by atoms with Crippen molar-refractivity contribution in [1.82, 2.24) is 9.24 Å². The lowest BCUT2D eigenvalue weighted by Gasteiger charge is -2.24. The minimum Gasteiger partial charge on any atom is -0.369 e. The predicted molar refractivity (Wildman–Crippen MR) is 107 cm³/mol. The van der Waals surface area contributed by atoms with Gasteiger partial charge in [-0.05, 0) is 45.1 Å². The number of rotatable bonds is 3. The van der Waals surface area contributed by atoms with Crippen LogP contribution >= 0.6 is 12.4 Å². The van der Waals surface area contributed by atoms with Crippen molar-refractivity contribution >= 4 is 29.0 Å². The van der Waals surface area contributed by atoms with Crippen LogP contribution in [0.1, 0.15) is 37.8 Å². The quantitative estimate of drug-likeness (QED) is 0.759. The van der Waals surface area contributed by atoms with Crippen LogP contribution in [-0.2, 0) is 0 Å². The number of benzene rings is 1. The van der Waals surface area contributed by atoms with Gasteiger partial charge >= 0.3 is 5.69 Å². The second-order valence-corrected chi connectivity index (χ2v) is 7.64. The van der Waals surface area contributed by atoms with E-state index in [1.165, 1.54) is 6.07 Å². The lowest BCUT2D eigenvalue weighted by Crippen LogP contribution is -2.44. The van der Waals surface area contributed by atoms with Crippen molar-refractivity contribution in [3.8, 4) is 0 Å². The van der Waals surface area contributed by atoms with Crippen molar-refractivity contribution < 1.29 is 4.39 Å². The van der Waals surface area contributed by atoms with Crippen LogP contribution in [0.25, 0.3) is 10.9 Å². The van der Waals surface area contributed by atoms with Gasteiger partial charge in [0.1, 0.15) is 5.82 Å². The second-order valence-electron chi connectivity index (χ2n) is 7.64. The molecule has 0 amide bonds. The van der Waals surface area contributed by atoms with E-state index in [2.05, 4.69) is 0 Å². The Morgan fingerprint density at radius 2 is 1.93 bits per heavy atom. The van der Waals surface area contributed by atoms with E-state index in [1.807, 2.05) is 11.8 Å². The van der Waals surface area contributed by atoms with E-state index in [4.69, 9.17) is 11.6 Å². The van der Waals surface area contributed by atoms with Crippen molar-refractivity contribution in [2.75, 3.05) is 23.8 Å². The SMILES string of the molecule is Cc1c(N2CCC([C@@H](C)N)C2)c(F)cc2c(=O)n(N)c(=O)n(C3CC3)c12.Cl. The summed E-state index contributed by atoms with van der Waals surface area (Å²) in [6.45, 7) is 5.12. The normalized spacial score (nSPS) is 20.7. The molecule has 2 aromatic rings. The molecule has 1 aromatic heterocycles. The molecule has 1 aliphatic heterocycles. The van der Waals surface area contributed by atoms with Crippen molar-refractivity contribution in [2.24, 2.45) is 11.7 Å². The molecule has 1 saturated heterocycles. The average molecular weight is 398 g/mol. The lowest BCUT2D eigenvalue weighted by atomic mass is 10.0. The number of fused-ring (bicyclic) bond motifs is 1. The van der Waals surface area contributed by atoms with E-state index in [9.17, 15) is 14.0 Å². The number of nitrogen functional groups attached to an aromatic ring is 1. The van der Waals surface area contributed by atoms with Gasteiger partial charge in [-0.2, -0.15) is 4.68 Å². The van der Waals surface area contributed by atoms with E-state index in [-0.39, 0.29) is 29.9 Å². The highest BCUT2D eigenvalue weighted by Gasteiger charge is 2.32. The molecule has 2 fully saturated rings. The van der Waals surface area contributed by atoms with E-state index in [0.29, 0.717) is 40.5 Å². The molecule has 27 heavy (non-hydrogen) atoms. The van der Waals surface area contributed by atoms with Gasteiger partial charge in [0.2, 0.25) is 0 Å². The van der Waals surface area contributed by atoms with Gasteiger partial charge in [0.05, 0.1) is 16.6 Å². The molecule has 7 nitrogen and oxygen atoms in total. The van der Waals surface area contributed by atoms with Gasteiger partial charge in [0, 0.05) is 30.7 Å². The first kappa shape index (κ1) is 19.7. The highest BCUT2D eigenvalue weighted by Crippen LogP contribution is 2.39. The lowest BCUT2D eigenvalue weighted by molar-refractivity contribution is 0.487. The number of aryl methyl sites for hydroxylation is 1. The summed E-state index contributed by atoms with van der Waals surface area (Å²) in [7, 11) is 0. The minimum absolute atomic E-state index is 0. The molecule has 2 heterocycles. The van der Waals surface area contributed by atoms with Crippen molar-refractivity contribution in [3.05, 3.63) is 38.3 Å². The number of hydrogen-bond acceptors (Lipinski definition) is 5. The molecule has 1 saturated carbocycles. The van der Waals surface area contributed by atoms with Crippen LogP contribution in [-0.4, -0.2) is 28.4 Å². The van der Waals surface area contributed by atoms with Gasteiger partial charge in [-0.1, -0.05) is 0 Å². The molecule has 1 aliphatic carbocycles. The summed E-state index contributed by atoms with van der Waals surface area (Å²) < 4.78 is 17.1. The second kappa shape index (κ2) is 6.83. The van der Waals surface area contributed by atoms with Crippen LogP contribution in [0.15, 0.2) is 15.7 Å². The van der Waals surface area contributed by atoms with Crippen LogP contribution in [0.5, 0.6) is 0 Å². The van der Waals surface area contributed by atoms with Gasteiger partial charge in [-0.25, -0.2) is 9.18 Å². The Bertz CT molecular complexity index is 1010.